The lowest BCUT2D eigenvalue weighted by atomic mass is 10.0. The van der Waals surface area contributed by atoms with Gasteiger partial charge in [-0.2, -0.15) is 5.10 Å². The van der Waals surface area contributed by atoms with Crippen LogP contribution in [0.3, 0.4) is 0 Å². The van der Waals surface area contributed by atoms with Crippen LogP contribution in [0, 0.1) is 0 Å². The van der Waals surface area contributed by atoms with Gasteiger partial charge in [-0.1, -0.05) is 24.3 Å². The van der Waals surface area contributed by atoms with E-state index < -0.39 is 0 Å². The van der Waals surface area contributed by atoms with E-state index in [-0.39, 0.29) is 5.91 Å². The number of benzene rings is 2. The van der Waals surface area contributed by atoms with Crippen molar-refractivity contribution in [2.45, 2.75) is 18.9 Å². The van der Waals surface area contributed by atoms with Crippen molar-refractivity contribution < 1.29 is 14.3 Å². The minimum atomic E-state index is -0.0454. The summed E-state index contributed by atoms with van der Waals surface area (Å²) in [7, 11) is 7.35. The molecule has 4 rings (SSSR count). The maximum atomic E-state index is 13.7. The molecule has 168 valence electrons. The molecule has 7 nitrogen and oxygen atoms in total. The van der Waals surface area contributed by atoms with E-state index in [0.29, 0.717) is 29.8 Å². The van der Waals surface area contributed by atoms with Gasteiger partial charge in [0.2, 0.25) is 0 Å². The van der Waals surface area contributed by atoms with E-state index >= 15 is 0 Å². The van der Waals surface area contributed by atoms with E-state index in [1.165, 1.54) is 0 Å². The van der Waals surface area contributed by atoms with E-state index in [1.54, 1.807) is 18.9 Å². The van der Waals surface area contributed by atoms with Gasteiger partial charge in [-0.25, -0.2) is 4.68 Å². The number of para-hydroxylation sites is 1. The summed E-state index contributed by atoms with van der Waals surface area (Å²) in [6, 6.07) is 15.9. The average Bonchev–Trinajstić information content (AvgIpc) is 3.29. The van der Waals surface area contributed by atoms with Crippen molar-refractivity contribution in [2.75, 3.05) is 41.4 Å². The van der Waals surface area contributed by atoms with Crippen LogP contribution < -0.4 is 9.47 Å². The highest BCUT2D eigenvalue weighted by atomic mass is 16.5. The van der Waals surface area contributed by atoms with Gasteiger partial charge in [0.1, 0.15) is 0 Å². The van der Waals surface area contributed by atoms with Crippen LogP contribution >= 0.6 is 0 Å². The van der Waals surface area contributed by atoms with E-state index in [2.05, 4.69) is 19.0 Å². The Bertz CT molecular complexity index is 1080. The SMILES string of the molecule is COc1ccc(-c2cn(-c3ccccc3)nc2C(=O)N2CCCC(N(C)C)C2)cc1OC. The van der Waals surface area contributed by atoms with Crippen LogP contribution in [-0.4, -0.2) is 72.9 Å². The second-order valence-electron chi connectivity index (χ2n) is 8.25. The van der Waals surface area contributed by atoms with Gasteiger partial charge in [0.15, 0.2) is 17.2 Å². The van der Waals surface area contributed by atoms with Crippen molar-refractivity contribution in [1.82, 2.24) is 19.6 Å². The number of carbonyl (C=O) groups excluding carboxylic acids is 1. The summed E-state index contributed by atoms with van der Waals surface area (Å²) in [5, 5.41) is 4.74. The zero-order valence-electron chi connectivity index (χ0n) is 19.1. The number of carbonyl (C=O) groups is 1. The molecule has 2 heterocycles. The second-order valence-corrected chi connectivity index (χ2v) is 8.25. The van der Waals surface area contributed by atoms with Crippen LogP contribution in [0.1, 0.15) is 23.3 Å². The molecule has 1 saturated heterocycles. The lowest BCUT2D eigenvalue weighted by Crippen LogP contribution is -2.47. The van der Waals surface area contributed by atoms with E-state index in [1.807, 2.05) is 59.6 Å². The molecule has 7 heteroatoms. The fourth-order valence-corrected chi connectivity index (χ4v) is 4.17. The average molecular weight is 435 g/mol. The predicted molar refractivity (Wildman–Crippen MR) is 125 cm³/mol. The second kappa shape index (κ2) is 9.44. The molecule has 0 radical (unpaired) electrons. The van der Waals surface area contributed by atoms with Crippen molar-refractivity contribution in [3.8, 4) is 28.3 Å². The molecule has 2 aromatic carbocycles. The molecular formula is C25H30N4O3. The number of amides is 1. The summed E-state index contributed by atoms with van der Waals surface area (Å²) in [4.78, 5) is 17.8. The topological polar surface area (TPSA) is 59.8 Å². The lowest BCUT2D eigenvalue weighted by molar-refractivity contribution is 0.0629. The smallest absolute Gasteiger partial charge is 0.275 e. The first-order valence-corrected chi connectivity index (χ1v) is 10.8. The van der Waals surface area contributed by atoms with E-state index in [9.17, 15) is 4.79 Å². The van der Waals surface area contributed by atoms with Crippen molar-refractivity contribution in [1.29, 1.82) is 0 Å². The molecule has 1 aliphatic heterocycles. The number of aromatic nitrogens is 2. The number of likely N-dealkylation sites (tertiary alicyclic amines) is 1. The number of likely N-dealkylation sites (N-methyl/N-ethyl adjacent to an activating group) is 1. The molecule has 1 unspecified atom stereocenters. The zero-order chi connectivity index (χ0) is 22.7. The standard InChI is InChI=1S/C25H30N4O3/c1-27(2)20-11-8-14-28(16-20)25(30)24-21(17-29(26-24)19-9-6-5-7-10-19)18-12-13-22(31-3)23(15-18)32-4/h5-7,9-10,12-13,15,17,20H,8,11,14,16H2,1-4H3. The normalized spacial score (nSPS) is 16.3. The fourth-order valence-electron chi connectivity index (χ4n) is 4.17. The van der Waals surface area contributed by atoms with Crippen LogP contribution in [0.5, 0.6) is 11.5 Å². The number of nitrogens with zero attached hydrogens (tertiary/aromatic N) is 4. The van der Waals surface area contributed by atoms with Crippen LogP contribution in [0.25, 0.3) is 16.8 Å². The Morgan fingerprint density at radius 3 is 2.50 bits per heavy atom. The molecule has 0 spiro atoms. The molecular weight excluding hydrogens is 404 g/mol. The Kier molecular flexibility index (Phi) is 6.46. The van der Waals surface area contributed by atoms with Gasteiger partial charge in [0, 0.05) is 30.9 Å². The highest BCUT2D eigenvalue weighted by Gasteiger charge is 2.29. The maximum absolute atomic E-state index is 13.7. The first-order valence-electron chi connectivity index (χ1n) is 10.8. The number of methoxy groups -OCH3 is 2. The van der Waals surface area contributed by atoms with Crippen LogP contribution in [-0.2, 0) is 0 Å². The number of ether oxygens (including phenoxy) is 2. The minimum Gasteiger partial charge on any atom is -0.493 e. The minimum absolute atomic E-state index is 0.0454. The summed E-state index contributed by atoms with van der Waals surface area (Å²) >= 11 is 0. The van der Waals surface area contributed by atoms with Crippen molar-refractivity contribution in [3.05, 3.63) is 60.4 Å². The maximum Gasteiger partial charge on any atom is 0.275 e. The van der Waals surface area contributed by atoms with Gasteiger partial charge in [0.25, 0.3) is 5.91 Å². The fraction of sp³-hybridized carbons (Fsp3) is 0.360. The Morgan fingerprint density at radius 2 is 1.81 bits per heavy atom. The molecule has 0 bridgehead atoms. The highest BCUT2D eigenvalue weighted by molar-refractivity contribution is 5.99. The van der Waals surface area contributed by atoms with Crippen molar-refractivity contribution in [3.63, 3.8) is 0 Å². The molecule has 1 amide bonds. The molecule has 0 aliphatic carbocycles. The summed E-state index contributed by atoms with van der Waals surface area (Å²) in [5.41, 5.74) is 2.97. The lowest BCUT2D eigenvalue weighted by Gasteiger charge is -2.35. The van der Waals surface area contributed by atoms with Crippen LogP contribution in [0.2, 0.25) is 0 Å². The number of hydrogen-bond acceptors (Lipinski definition) is 5. The number of piperidine rings is 1. The summed E-state index contributed by atoms with van der Waals surface area (Å²) in [6.07, 6.45) is 3.99. The molecule has 1 atom stereocenters. The van der Waals surface area contributed by atoms with Gasteiger partial charge >= 0.3 is 0 Å². The van der Waals surface area contributed by atoms with E-state index in [0.717, 1.165) is 36.2 Å². The van der Waals surface area contributed by atoms with Gasteiger partial charge in [-0.3, -0.25) is 4.79 Å². The van der Waals surface area contributed by atoms with Gasteiger partial charge in [-0.05, 0) is 56.8 Å². The Morgan fingerprint density at radius 1 is 1.06 bits per heavy atom. The van der Waals surface area contributed by atoms with Crippen molar-refractivity contribution >= 4 is 5.91 Å². The van der Waals surface area contributed by atoms with Crippen LogP contribution in [0.4, 0.5) is 0 Å². The molecule has 1 aromatic heterocycles. The largest absolute Gasteiger partial charge is 0.493 e. The first-order chi connectivity index (χ1) is 15.5. The third-order valence-electron chi connectivity index (χ3n) is 6.05. The molecule has 0 saturated carbocycles. The van der Waals surface area contributed by atoms with E-state index in [4.69, 9.17) is 14.6 Å². The molecule has 1 aliphatic rings. The summed E-state index contributed by atoms with van der Waals surface area (Å²) < 4.78 is 12.6. The van der Waals surface area contributed by atoms with Crippen molar-refractivity contribution in [2.24, 2.45) is 0 Å². The Labute approximate surface area is 189 Å². The third kappa shape index (κ3) is 4.34. The molecule has 0 N–H and O–H groups in total. The Hall–Kier alpha value is -3.32. The third-order valence-corrected chi connectivity index (χ3v) is 6.05. The summed E-state index contributed by atoms with van der Waals surface area (Å²) in [5.74, 6) is 1.21. The molecule has 32 heavy (non-hydrogen) atoms. The molecule has 3 aromatic rings. The molecule has 1 fully saturated rings. The van der Waals surface area contributed by atoms with Crippen LogP contribution in [0.15, 0.2) is 54.7 Å². The quantitative estimate of drug-likeness (QED) is 0.592. The zero-order valence-corrected chi connectivity index (χ0v) is 19.1. The van der Waals surface area contributed by atoms with Gasteiger partial charge in [-0.15, -0.1) is 0 Å². The van der Waals surface area contributed by atoms with Gasteiger partial charge < -0.3 is 19.3 Å². The number of hydrogen-bond donors (Lipinski definition) is 0. The predicted octanol–water partition coefficient (Wildman–Crippen LogP) is 3.72. The highest BCUT2D eigenvalue weighted by Crippen LogP contribution is 2.34. The monoisotopic (exact) mass is 434 g/mol. The van der Waals surface area contributed by atoms with Gasteiger partial charge in [0.05, 0.1) is 19.9 Å². The Balaban J connectivity index is 1.77. The number of rotatable bonds is 6. The summed E-state index contributed by atoms with van der Waals surface area (Å²) in [6.45, 7) is 1.45. The first kappa shape index (κ1) is 21.9.